The van der Waals surface area contributed by atoms with E-state index in [0.717, 1.165) is 22.4 Å². The zero-order chi connectivity index (χ0) is 23.2. The Kier molecular flexibility index (Phi) is 5.29. The summed E-state index contributed by atoms with van der Waals surface area (Å²) in [6.45, 7) is 2.49. The SMILES string of the molecule is COc1ccc(N2C(=O)CSC23C(=O)N(Cc2ccccc2C)c2ccccc23)cc1OC. The number of anilines is 2. The molecule has 0 radical (unpaired) electrons. The minimum absolute atomic E-state index is 0.113. The van der Waals surface area contributed by atoms with Gasteiger partial charge in [-0.3, -0.25) is 14.5 Å². The highest BCUT2D eigenvalue weighted by Gasteiger charge is 2.61. The molecule has 0 bridgehead atoms. The predicted molar refractivity (Wildman–Crippen MR) is 130 cm³/mol. The number of nitrogens with zero attached hydrogens (tertiary/aromatic N) is 2. The second-order valence-electron chi connectivity index (χ2n) is 8.04. The molecule has 6 nitrogen and oxygen atoms in total. The molecule has 0 saturated carbocycles. The van der Waals surface area contributed by atoms with Crippen molar-refractivity contribution in [1.82, 2.24) is 0 Å². The smallest absolute Gasteiger partial charge is 0.269 e. The molecule has 3 aromatic carbocycles. The normalized spacial score (nSPS) is 19.4. The fraction of sp³-hybridized carbons (Fsp3) is 0.231. The number of aryl methyl sites for hydroxylation is 1. The second-order valence-corrected chi connectivity index (χ2v) is 9.20. The quantitative estimate of drug-likeness (QED) is 0.562. The van der Waals surface area contributed by atoms with Crippen molar-refractivity contribution < 1.29 is 19.1 Å². The Labute approximate surface area is 197 Å². The molecule has 0 aliphatic carbocycles. The summed E-state index contributed by atoms with van der Waals surface area (Å²) in [5.74, 6) is 1.05. The Balaban J connectivity index is 1.64. The van der Waals surface area contributed by atoms with E-state index in [1.54, 1.807) is 42.2 Å². The van der Waals surface area contributed by atoms with Crippen molar-refractivity contribution in [3.05, 3.63) is 83.4 Å². The lowest BCUT2D eigenvalue weighted by Crippen LogP contribution is -2.49. The summed E-state index contributed by atoms with van der Waals surface area (Å²) in [6, 6.07) is 21.1. The number of thioether (sulfide) groups is 1. The molecule has 0 N–H and O–H groups in total. The van der Waals surface area contributed by atoms with Crippen LogP contribution in [0, 0.1) is 6.92 Å². The Morgan fingerprint density at radius 2 is 1.67 bits per heavy atom. The van der Waals surface area contributed by atoms with Crippen LogP contribution in [0.3, 0.4) is 0 Å². The third-order valence-electron chi connectivity index (χ3n) is 6.28. The monoisotopic (exact) mass is 460 g/mol. The van der Waals surface area contributed by atoms with Gasteiger partial charge in [0.25, 0.3) is 5.91 Å². The maximum atomic E-state index is 14.2. The predicted octanol–water partition coefficient (Wildman–Crippen LogP) is 4.49. The van der Waals surface area contributed by atoms with Crippen molar-refractivity contribution in [3.8, 4) is 11.5 Å². The van der Waals surface area contributed by atoms with Crippen LogP contribution in [-0.2, 0) is 21.0 Å². The van der Waals surface area contributed by atoms with Gasteiger partial charge in [-0.2, -0.15) is 0 Å². The molecule has 2 aliphatic rings. The highest BCUT2D eigenvalue weighted by molar-refractivity contribution is 8.02. The fourth-order valence-corrected chi connectivity index (χ4v) is 5.99. The molecule has 2 amide bonds. The number of carbonyl (C=O) groups excluding carboxylic acids is 2. The van der Waals surface area contributed by atoms with E-state index in [4.69, 9.17) is 9.47 Å². The van der Waals surface area contributed by atoms with Crippen LogP contribution in [0.25, 0.3) is 0 Å². The van der Waals surface area contributed by atoms with Crippen molar-refractivity contribution >= 4 is 35.0 Å². The Morgan fingerprint density at radius 3 is 2.42 bits per heavy atom. The van der Waals surface area contributed by atoms with Crippen LogP contribution >= 0.6 is 11.8 Å². The summed E-state index contributed by atoms with van der Waals surface area (Å²) in [6.07, 6.45) is 0. The molecular formula is C26H24N2O4S. The second kappa shape index (κ2) is 8.15. The van der Waals surface area contributed by atoms with Crippen LogP contribution < -0.4 is 19.3 Å². The van der Waals surface area contributed by atoms with Gasteiger partial charge in [-0.15, -0.1) is 11.8 Å². The van der Waals surface area contributed by atoms with Crippen molar-refractivity contribution in [1.29, 1.82) is 0 Å². The van der Waals surface area contributed by atoms with Crippen molar-refractivity contribution in [2.24, 2.45) is 0 Å². The molecule has 1 spiro atoms. The third-order valence-corrected chi connectivity index (χ3v) is 7.66. The number of rotatable bonds is 5. The average Bonchev–Trinajstić information content (AvgIpc) is 3.30. The molecule has 5 rings (SSSR count). The Bertz CT molecular complexity index is 1260. The van der Waals surface area contributed by atoms with Crippen molar-refractivity contribution in [2.45, 2.75) is 18.3 Å². The molecule has 2 heterocycles. The largest absolute Gasteiger partial charge is 0.493 e. The fourth-order valence-electron chi connectivity index (χ4n) is 4.63. The number of carbonyl (C=O) groups is 2. The number of ether oxygens (including phenoxy) is 2. The molecule has 168 valence electrons. The number of hydrogen-bond acceptors (Lipinski definition) is 5. The average molecular weight is 461 g/mol. The summed E-state index contributed by atoms with van der Waals surface area (Å²) >= 11 is 1.37. The van der Waals surface area contributed by atoms with Gasteiger partial charge in [0.05, 0.1) is 32.2 Å². The zero-order valence-corrected chi connectivity index (χ0v) is 19.5. The van der Waals surface area contributed by atoms with E-state index < -0.39 is 4.87 Å². The van der Waals surface area contributed by atoms with E-state index in [-0.39, 0.29) is 17.6 Å². The summed E-state index contributed by atoms with van der Waals surface area (Å²) < 4.78 is 10.8. The minimum atomic E-state index is -1.16. The standard InChI is InChI=1S/C26H24N2O4S/c1-17-8-4-5-9-18(17)15-27-21-11-7-6-10-20(21)26(25(27)30)28(24(29)16-33-26)19-12-13-22(31-2)23(14-19)32-3/h4-14H,15-16H2,1-3H3. The molecule has 1 fully saturated rings. The molecular weight excluding hydrogens is 436 g/mol. The van der Waals surface area contributed by atoms with Gasteiger partial charge in [0, 0.05) is 17.3 Å². The van der Waals surface area contributed by atoms with Gasteiger partial charge in [0.2, 0.25) is 10.8 Å². The first-order valence-corrected chi connectivity index (χ1v) is 11.6. The molecule has 33 heavy (non-hydrogen) atoms. The van der Waals surface area contributed by atoms with E-state index in [0.29, 0.717) is 23.7 Å². The number of benzene rings is 3. The van der Waals surface area contributed by atoms with Gasteiger partial charge in [0.15, 0.2) is 11.5 Å². The summed E-state index contributed by atoms with van der Waals surface area (Å²) in [4.78, 5) is 29.7. The number of amides is 2. The molecule has 3 aromatic rings. The zero-order valence-electron chi connectivity index (χ0n) is 18.7. The Hall–Kier alpha value is -3.45. The third kappa shape index (κ3) is 3.18. The van der Waals surface area contributed by atoms with Gasteiger partial charge >= 0.3 is 0 Å². The lowest BCUT2D eigenvalue weighted by molar-refractivity contribution is -0.123. The molecule has 7 heteroatoms. The number of para-hydroxylation sites is 1. The highest BCUT2D eigenvalue weighted by Crippen LogP contribution is 2.56. The summed E-state index contributed by atoms with van der Waals surface area (Å²) in [5.41, 5.74) is 4.46. The molecule has 1 unspecified atom stereocenters. The number of hydrogen-bond donors (Lipinski definition) is 0. The van der Waals surface area contributed by atoms with Crippen molar-refractivity contribution in [3.63, 3.8) is 0 Å². The van der Waals surface area contributed by atoms with E-state index >= 15 is 0 Å². The summed E-state index contributed by atoms with van der Waals surface area (Å²) in [5, 5.41) is 0. The van der Waals surface area contributed by atoms with E-state index in [1.165, 1.54) is 11.8 Å². The lowest BCUT2D eigenvalue weighted by atomic mass is 10.0. The van der Waals surface area contributed by atoms with Crippen LogP contribution in [0.4, 0.5) is 11.4 Å². The van der Waals surface area contributed by atoms with E-state index in [2.05, 4.69) is 0 Å². The minimum Gasteiger partial charge on any atom is -0.493 e. The van der Waals surface area contributed by atoms with Crippen LogP contribution in [0.15, 0.2) is 66.7 Å². The highest BCUT2D eigenvalue weighted by atomic mass is 32.2. The van der Waals surface area contributed by atoms with Crippen LogP contribution in [0.5, 0.6) is 11.5 Å². The van der Waals surface area contributed by atoms with E-state index in [9.17, 15) is 9.59 Å². The van der Waals surface area contributed by atoms with Crippen LogP contribution in [0.1, 0.15) is 16.7 Å². The van der Waals surface area contributed by atoms with Crippen LogP contribution in [-0.4, -0.2) is 31.8 Å². The first-order valence-electron chi connectivity index (χ1n) is 10.7. The van der Waals surface area contributed by atoms with Crippen LogP contribution in [0.2, 0.25) is 0 Å². The first-order chi connectivity index (χ1) is 16.0. The van der Waals surface area contributed by atoms with Gasteiger partial charge in [-0.25, -0.2) is 0 Å². The molecule has 1 saturated heterocycles. The van der Waals surface area contributed by atoms with Gasteiger partial charge in [-0.1, -0.05) is 42.5 Å². The first kappa shape index (κ1) is 21.4. The van der Waals surface area contributed by atoms with Gasteiger partial charge in [-0.05, 0) is 36.2 Å². The topological polar surface area (TPSA) is 59.1 Å². The van der Waals surface area contributed by atoms with Gasteiger partial charge < -0.3 is 14.4 Å². The lowest BCUT2D eigenvalue weighted by Gasteiger charge is -2.33. The summed E-state index contributed by atoms with van der Waals surface area (Å²) in [7, 11) is 3.12. The number of fused-ring (bicyclic) bond motifs is 2. The van der Waals surface area contributed by atoms with E-state index in [1.807, 2.05) is 55.5 Å². The molecule has 1 atom stereocenters. The number of methoxy groups -OCH3 is 2. The molecule has 2 aliphatic heterocycles. The Morgan fingerprint density at radius 1 is 0.939 bits per heavy atom. The van der Waals surface area contributed by atoms with Crippen molar-refractivity contribution in [2.75, 3.05) is 29.8 Å². The van der Waals surface area contributed by atoms with Gasteiger partial charge in [0.1, 0.15) is 0 Å². The maximum Gasteiger partial charge on any atom is 0.269 e. The molecule has 0 aromatic heterocycles. The maximum absolute atomic E-state index is 14.2.